The van der Waals surface area contributed by atoms with E-state index in [0.29, 0.717) is 18.2 Å². The van der Waals surface area contributed by atoms with Crippen LogP contribution in [0.15, 0.2) is 29.2 Å². The quantitative estimate of drug-likeness (QED) is 0.669. The second kappa shape index (κ2) is 10.4. The third kappa shape index (κ3) is 7.84. The zero-order valence-electron chi connectivity index (χ0n) is 15.3. The van der Waals surface area contributed by atoms with Crippen LogP contribution in [0.1, 0.15) is 32.3 Å². The van der Waals surface area contributed by atoms with Crippen LogP contribution in [-0.2, 0) is 9.59 Å². The summed E-state index contributed by atoms with van der Waals surface area (Å²) in [6, 6.07) is 7.82. The van der Waals surface area contributed by atoms with Crippen molar-refractivity contribution >= 4 is 23.6 Å². The van der Waals surface area contributed by atoms with E-state index in [4.69, 9.17) is 0 Å². The number of rotatable bonds is 9. The first-order chi connectivity index (χ1) is 11.3. The molecule has 1 aromatic rings. The van der Waals surface area contributed by atoms with E-state index in [-0.39, 0.29) is 11.8 Å². The first kappa shape index (κ1) is 20.5. The third-order valence-corrected chi connectivity index (χ3v) is 4.62. The minimum atomic E-state index is -0.528. The number of carbonyl (C=O) groups excluding carboxylic acids is 2. The molecule has 134 valence electrons. The number of hydrogen-bond donors (Lipinski definition) is 2. The largest absolute Gasteiger partial charge is 0.353 e. The number of nitrogens with one attached hydrogen (secondary N) is 2. The standard InChI is InChI=1S/C18H29N3O2S/c1-13(2)15-6-8-16(9-7-15)24-12-17(20-14(3)22)18(23)19-10-11-21(4)5/h6-9,13,17H,10-12H2,1-5H3,(H,19,23)(H,20,22). The molecule has 0 aliphatic carbocycles. The summed E-state index contributed by atoms with van der Waals surface area (Å²) in [5.74, 6) is 0.671. The summed E-state index contributed by atoms with van der Waals surface area (Å²) >= 11 is 1.57. The van der Waals surface area contributed by atoms with Crippen LogP contribution in [0.4, 0.5) is 0 Å². The summed E-state index contributed by atoms with van der Waals surface area (Å²) in [7, 11) is 3.91. The lowest BCUT2D eigenvalue weighted by Crippen LogP contribution is -2.48. The number of carbonyl (C=O) groups is 2. The van der Waals surface area contributed by atoms with E-state index in [1.807, 2.05) is 19.0 Å². The van der Waals surface area contributed by atoms with Gasteiger partial charge in [-0.05, 0) is 37.7 Å². The molecule has 0 saturated heterocycles. The summed E-state index contributed by atoms with van der Waals surface area (Å²) in [5, 5.41) is 5.60. The van der Waals surface area contributed by atoms with Gasteiger partial charge < -0.3 is 15.5 Å². The summed E-state index contributed by atoms with van der Waals surface area (Å²) in [5.41, 5.74) is 1.29. The molecule has 1 aromatic carbocycles. The first-order valence-corrected chi connectivity index (χ1v) is 9.20. The van der Waals surface area contributed by atoms with Gasteiger partial charge in [-0.2, -0.15) is 0 Å². The van der Waals surface area contributed by atoms with Gasteiger partial charge in [0.25, 0.3) is 0 Å². The van der Waals surface area contributed by atoms with Crippen molar-refractivity contribution in [2.45, 2.75) is 37.6 Å². The molecule has 1 atom stereocenters. The highest BCUT2D eigenvalue weighted by atomic mass is 32.2. The Morgan fingerprint density at radius 1 is 1.17 bits per heavy atom. The SMILES string of the molecule is CC(=O)NC(CSc1ccc(C(C)C)cc1)C(=O)NCCN(C)C. The number of hydrogen-bond acceptors (Lipinski definition) is 4. The fraction of sp³-hybridized carbons (Fsp3) is 0.556. The van der Waals surface area contributed by atoms with E-state index < -0.39 is 6.04 Å². The maximum atomic E-state index is 12.3. The predicted molar refractivity (Wildman–Crippen MR) is 100 cm³/mol. The summed E-state index contributed by atoms with van der Waals surface area (Å²) in [6.07, 6.45) is 0. The predicted octanol–water partition coefficient (Wildman–Crippen LogP) is 2.08. The maximum Gasteiger partial charge on any atom is 0.243 e. The molecule has 6 heteroatoms. The monoisotopic (exact) mass is 351 g/mol. The Labute approximate surface area is 149 Å². The molecule has 0 spiro atoms. The van der Waals surface area contributed by atoms with Crippen LogP contribution >= 0.6 is 11.8 Å². The summed E-state index contributed by atoms with van der Waals surface area (Å²) < 4.78 is 0. The fourth-order valence-corrected chi connectivity index (χ4v) is 3.01. The number of nitrogens with zero attached hydrogens (tertiary/aromatic N) is 1. The first-order valence-electron chi connectivity index (χ1n) is 8.22. The average molecular weight is 352 g/mol. The number of thioether (sulfide) groups is 1. The van der Waals surface area contributed by atoms with Crippen LogP contribution in [-0.4, -0.2) is 55.7 Å². The van der Waals surface area contributed by atoms with Crippen molar-refractivity contribution in [3.63, 3.8) is 0 Å². The van der Waals surface area contributed by atoms with Crippen molar-refractivity contribution < 1.29 is 9.59 Å². The molecule has 0 fully saturated rings. The minimum Gasteiger partial charge on any atom is -0.353 e. The van der Waals surface area contributed by atoms with E-state index in [1.165, 1.54) is 12.5 Å². The Morgan fingerprint density at radius 2 is 1.79 bits per heavy atom. The highest BCUT2D eigenvalue weighted by Gasteiger charge is 2.19. The van der Waals surface area contributed by atoms with Gasteiger partial charge in [0.15, 0.2) is 0 Å². The summed E-state index contributed by atoms with van der Waals surface area (Å²) in [4.78, 5) is 26.7. The zero-order chi connectivity index (χ0) is 18.1. The van der Waals surface area contributed by atoms with Gasteiger partial charge in [0, 0.05) is 30.7 Å². The number of likely N-dealkylation sites (N-methyl/N-ethyl adjacent to an activating group) is 1. The van der Waals surface area contributed by atoms with Gasteiger partial charge in [-0.3, -0.25) is 9.59 Å². The molecule has 0 bridgehead atoms. The molecule has 1 rings (SSSR count). The minimum absolute atomic E-state index is 0.140. The molecule has 5 nitrogen and oxygen atoms in total. The van der Waals surface area contributed by atoms with Gasteiger partial charge in [-0.1, -0.05) is 26.0 Å². The van der Waals surface area contributed by atoms with Crippen molar-refractivity contribution in [3.05, 3.63) is 29.8 Å². The van der Waals surface area contributed by atoms with Crippen LogP contribution in [0.3, 0.4) is 0 Å². The van der Waals surface area contributed by atoms with Crippen molar-refractivity contribution in [2.24, 2.45) is 0 Å². The van der Waals surface area contributed by atoms with Gasteiger partial charge in [0.05, 0.1) is 0 Å². The van der Waals surface area contributed by atoms with Crippen LogP contribution in [0.5, 0.6) is 0 Å². The van der Waals surface area contributed by atoms with Crippen LogP contribution in [0, 0.1) is 0 Å². The molecule has 0 radical (unpaired) electrons. The van der Waals surface area contributed by atoms with Crippen molar-refractivity contribution in [1.82, 2.24) is 15.5 Å². The molecule has 0 heterocycles. The normalized spacial score (nSPS) is 12.3. The Morgan fingerprint density at radius 3 is 2.29 bits per heavy atom. The van der Waals surface area contributed by atoms with E-state index in [9.17, 15) is 9.59 Å². The number of amides is 2. The van der Waals surface area contributed by atoms with Gasteiger partial charge in [-0.25, -0.2) is 0 Å². The molecule has 0 saturated carbocycles. The lowest BCUT2D eigenvalue weighted by Gasteiger charge is -2.18. The summed E-state index contributed by atoms with van der Waals surface area (Å²) in [6.45, 7) is 7.08. The van der Waals surface area contributed by atoms with E-state index in [1.54, 1.807) is 11.8 Å². The van der Waals surface area contributed by atoms with E-state index in [0.717, 1.165) is 11.4 Å². The van der Waals surface area contributed by atoms with Gasteiger partial charge >= 0.3 is 0 Å². The van der Waals surface area contributed by atoms with Gasteiger partial charge in [0.1, 0.15) is 6.04 Å². The van der Waals surface area contributed by atoms with Gasteiger partial charge in [0.2, 0.25) is 11.8 Å². The topological polar surface area (TPSA) is 61.4 Å². The second-order valence-electron chi connectivity index (χ2n) is 6.38. The Hall–Kier alpha value is -1.53. The third-order valence-electron chi connectivity index (χ3n) is 3.52. The second-order valence-corrected chi connectivity index (χ2v) is 7.48. The lowest BCUT2D eigenvalue weighted by atomic mass is 10.0. The van der Waals surface area contributed by atoms with E-state index >= 15 is 0 Å². The Balaban J connectivity index is 2.58. The molecule has 0 aliphatic heterocycles. The van der Waals surface area contributed by atoms with E-state index in [2.05, 4.69) is 48.7 Å². The molecule has 24 heavy (non-hydrogen) atoms. The van der Waals surface area contributed by atoms with Gasteiger partial charge in [-0.15, -0.1) is 11.8 Å². The molecule has 2 N–H and O–H groups in total. The zero-order valence-corrected chi connectivity index (χ0v) is 16.1. The van der Waals surface area contributed by atoms with Crippen LogP contribution in [0.2, 0.25) is 0 Å². The molecule has 2 amide bonds. The average Bonchev–Trinajstić information content (AvgIpc) is 2.51. The molecular formula is C18H29N3O2S. The highest BCUT2D eigenvalue weighted by molar-refractivity contribution is 7.99. The van der Waals surface area contributed by atoms with Crippen molar-refractivity contribution in [1.29, 1.82) is 0 Å². The Kier molecular flexibility index (Phi) is 8.85. The van der Waals surface area contributed by atoms with Crippen molar-refractivity contribution in [3.8, 4) is 0 Å². The molecule has 1 unspecified atom stereocenters. The highest BCUT2D eigenvalue weighted by Crippen LogP contribution is 2.22. The smallest absolute Gasteiger partial charge is 0.243 e. The van der Waals surface area contributed by atoms with Crippen LogP contribution < -0.4 is 10.6 Å². The Bertz CT molecular complexity index is 530. The fourth-order valence-electron chi connectivity index (χ4n) is 2.08. The molecule has 0 aliphatic rings. The molecular weight excluding hydrogens is 322 g/mol. The molecule has 0 aromatic heterocycles. The van der Waals surface area contributed by atoms with Crippen molar-refractivity contribution in [2.75, 3.05) is 32.9 Å². The maximum absolute atomic E-state index is 12.3. The number of benzene rings is 1. The van der Waals surface area contributed by atoms with Crippen LogP contribution in [0.25, 0.3) is 0 Å². The lowest BCUT2D eigenvalue weighted by molar-refractivity contribution is -0.127.